The molecule has 22 heavy (non-hydrogen) atoms. The van der Waals surface area contributed by atoms with E-state index in [1.807, 2.05) is 42.5 Å². The largest absolute Gasteiger partial charge is 0.468 e. The molecule has 0 aromatic heterocycles. The summed E-state index contributed by atoms with van der Waals surface area (Å²) >= 11 is 0. The van der Waals surface area contributed by atoms with E-state index >= 15 is 0 Å². The minimum atomic E-state index is -0.821. The third kappa shape index (κ3) is 1.61. The van der Waals surface area contributed by atoms with Gasteiger partial charge in [0, 0.05) is 5.92 Å². The molecule has 4 heteroatoms. The van der Waals surface area contributed by atoms with E-state index in [2.05, 4.69) is 12.1 Å². The van der Waals surface area contributed by atoms with Crippen molar-refractivity contribution < 1.29 is 14.3 Å². The van der Waals surface area contributed by atoms with Crippen LogP contribution in [-0.4, -0.2) is 31.5 Å². The van der Waals surface area contributed by atoms with Crippen molar-refractivity contribution in [3.63, 3.8) is 0 Å². The van der Waals surface area contributed by atoms with E-state index in [-0.39, 0.29) is 24.0 Å². The Balaban J connectivity index is 1.88. The summed E-state index contributed by atoms with van der Waals surface area (Å²) in [6.07, 6.45) is 7.36. The number of benzene rings is 1. The Morgan fingerprint density at radius 2 is 2.14 bits per heavy atom. The standard InChI is InChI=1S/C18H17NO3/c1-21-17(20)18-13-11-22-15(18)10-6-5-9-14(18)19-16(13)12-7-3-2-4-8-12/h2-10,13,15-16H,11H2,1H3/t13-,15+,16+,18+/m1/s1. The summed E-state index contributed by atoms with van der Waals surface area (Å²) in [7, 11) is 1.43. The topological polar surface area (TPSA) is 47.9 Å². The van der Waals surface area contributed by atoms with Crippen molar-refractivity contribution in [3.05, 3.63) is 60.2 Å². The normalized spacial score (nSPS) is 35.0. The van der Waals surface area contributed by atoms with Gasteiger partial charge in [0.2, 0.25) is 0 Å². The van der Waals surface area contributed by atoms with Crippen molar-refractivity contribution in [1.82, 2.24) is 0 Å². The zero-order chi connectivity index (χ0) is 15.2. The smallest absolute Gasteiger partial charge is 0.321 e. The van der Waals surface area contributed by atoms with Crippen LogP contribution in [0, 0.1) is 11.3 Å². The molecule has 1 aliphatic carbocycles. The van der Waals surface area contributed by atoms with Crippen molar-refractivity contribution in [2.24, 2.45) is 16.3 Å². The monoisotopic (exact) mass is 295 g/mol. The lowest BCUT2D eigenvalue weighted by Crippen LogP contribution is -2.47. The number of methoxy groups -OCH3 is 1. The molecule has 0 unspecified atom stereocenters. The molecule has 4 atom stereocenters. The van der Waals surface area contributed by atoms with Crippen LogP contribution in [0.2, 0.25) is 0 Å². The van der Waals surface area contributed by atoms with Crippen molar-refractivity contribution in [3.8, 4) is 0 Å². The van der Waals surface area contributed by atoms with Crippen LogP contribution in [0.4, 0.5) is 0 Å². The number of allylic oxidation sites excluding steroid dienone is 3. The Morgan fingerprint density at radius 3 is 2.91 bits per heavy atom. The fourth-order valence-electron chi connectivity index (χ4n) is 3.90. The SMILES string of the molecule is COC(=O)[C@]12C3=N[C@@H](c4ccccc4)[C@H]1CO[C@H]2C=CC=C3. The molecule has 0 radical (unpaired) electrons. The second kappa shape index (κ2) is 4.92. The first-order chi connectivity index (χ1) is 10.8. The van der Waals surface area contributed by atoms with E-state index < -0.39 is 5.41 Å². The van der Waals surface area contributed by atoms with Crippen LogP contribution >= 0.6 is 0 Å². The lowest BCUT2D eigenvalue weighted by atomic mass is 9.69. The molecule has 0 saturated carbocycles. The second-order valence-electron chi connectivity index (χ2n) is 5.83. The first-order valence-electron chi connectivity index (χ1n) is 7.46. The first kappa shape index (κ1) is 13.5. The third-order valence-corrected chi connectivity index (χ3v) is 4.89. The zero-order valence-corrected chi connectivity index (χ0v) is 12.3. The Morgan fingerprint density at radius 1 is 1.32 bits per heavy atom. The molecule has 1 aromatic rings. The van der Waals surface area contributed by atoms with E-state index in [9.17, 15) is 4.79 Å². The van der Waals surface area contributed by atoms with Crippen molar-refractivity contribution in [2.75, 3.05) is 13.7 Å². The number of rotatable bonds is 2. The fraction of sp³-hybridized carbons (Fsp3) is 0.333. The lowest BCUT2D eigenvalue weighted by molar-refractivity contribution is -0.151. The number of nitrogens with zero attached hydrogens (tertiary/aromatic N) is 1. The van der Waals surface area contributed by atoms with Crippen LogP contribution in [0.3, 0.4) is 0 Å². The molecule has 2 heterocycles. The molecule has 4 nitrogen and oxygen atoms in total. The minimum absolute atomic E-state index is 0.0326. The molecular weight excluding hydrogens is 278 g/mol. The van der Waals surface area contributed by atoms with Crippen LogP contribution in [0.5, 0.6) is 0 Å². The second-order valence-corrected chi connectivity index (χ2v) is 5.83. The number of carbonyl (C=O) groups is 1. The fourth-order valence-corrected chi connectivity index (χ4v) is 3.90. The van der Waals surface area contributed by atoms with Crippen LogP contribution in [0.15, 0.2) is 59.6 Å². The van der Waals surface area contributed by atoms with Crippen molar-refractivity contribution in [2.45, 2.75) is 12.1 Å². The Labute approximate surface area is 129 Å². The molecule has 0 amide bonds. The molecule has 112 valence electrons. The van der Waals surface area contributed by atoms with Gasteiger partial charge in [0.1, 0.15) is 5.41 Å². The van der Waals surface area contributed by atoms with Gasteiger partial charge in [-0.15, -0.1) is 0 Å². The van der Waals surface area contributed by atoms with Gasteiger partial charge in [0.25, 0.3) is 0 Å². The molecule has 1 fully saturated rings. The van der Waals surface area contributed by atoms with Gasteiger partial charge < -0.3 is 9.47 Å². The zero-order valence-electron chi connectivity index (χ0n) is 12.3. The Hall–Kier alpha value is -2.20. The molecule has 4 rings (SSSR count). The molecule has 0 N–H and O–H groups in total. The molecular formula is C18H17NO3. The van der Waals surface area contributed by atoms with Crippen LogP contribution < -0.4 is 0 Å². The highest BCUT2D eigenvalue weighted by molar-refractivity contribution is 6.15. The maximum atomic E-state index is 12.7. The van der Waals surface area contributed by atoms with Gasteiger partial charge in [-0.3, -0.25) is 9.79 Å². The average molecular weight is 295 g/mol. The number of esters is 1. The minimum Gasteiger partial charge on any atom is -0.468 e. The maximum absolute atomic E-state index is 12.7. The molecule has 1 saturated heterocycles. The molecule has 3 aliphatic rings. The predicted molar refractivity (Wildman–Crippen MR) is 82.6 cm³/mol. The predicted octanol–water partition coefficient (Wildman–Crippen LogP) is 2.48. The quantitative estimate of drug-likeness (QED) is 0.788. The summed E-state index contributed by atoms with van der Waals surface area (Å²) in [4.78, 5) is 17.6. The maximum Gasteiger partial charge on any atom is 0.321 e. The van der Waals surface area contributed by atoms with Crippen LogP contribution in [0.25, 0.3) is 0 Å². The summed E-state index contributed by atoms with van der Waals surface area (Å²) in [5.74, 6) is -0.289. The van der Waals surface area contributed by atoms with E-state index in [1.165, 1.54) is 7.11 Å². The summed E-state index contributed by atoms with van der Waals surface area (Å²) in [5.41, 5.74) is 1.06. The van der Waals surface area contributed by atoms with Gasteiger partial charge >= 0.3 is 5.97 Å². The Bertz CT molecular complexity index is 692. The number of ether oxygens (including phenoxy) is 2. The first-order valence-corrected chi connectivity index (χ1v) is 7.46. The summed E-state index contributed by atoms with van der Waals surface area (Å²) in [5, 5.41) is 0. The number of hydrogen-bond acceptors (Lipinski definition) is 4. The van der Waals surface area contributed by atoms with E-state index in [4.69, 9.17) is 14.5 Å². The molecule has 0 bridgehead atoms. The number of hydrogen-bond donors (Lipinski definition) is 0. The van der Waals surface area contributed by atoms with Gasteiger partial charge in [-0.05, 0) is 11.6 Å². The Kier molecular flexibility index (Phi) is 3.01. The van der Waals surface area contributed by atoms with Gasteiger partial charge in [-0.1, -0.05) is 48.6 Å². The molecule has 0 spiro atoms. The van der Waals surface area contributed by atoms with Gasteiger partial charge in [-0.25, -0.2) is 0 Å². The highest BCUT2D eigenvalue weighted by Gasteiger charge is 2.65. The van der Waals surface area contributed by atoms with Crippen molar-refractivity contribution in [1.29, 1.82) is 0 Å². The summed E-state index contributed by atoms with van der Waals surface area (Å²) < 4.78 is 11.1. The van der Waals surface area contributed by atoms with Gasteiger partial charge in [-0.2, -0.15) is 0 Å². The van der Waals surface area contributed by atoms with Crippen molar-refractivity contribution >= 4 is 11.7 Å². The number of aliphatic imine (C=N–C) groups is 1. The van der Waals surface area contributed by atoms with E-state index in [0.29, 0.717) is 6.61 Å². The van der Waals surface area contributed by atoms with E-state index in [0.717, 1.165) is 11.3 Å². The van der Waals surface area contributed by atoms with Gasteiger partial charge in [0.15, 0.2) is 0 Å². The molecule has 1 aromatic carbocycles. The number of carbonyl (C=O) groups excluding carboxylic acids is 1. The van der Waals surface area contributed by atoms with E-state index in [1.54, 1.807) is 0 Å². The highest BCUT2D eigenvalue weighted by Crippen LogP contribution is 2.55. The average Bonchev–Trinajstić information content (AvgIpc) is 3.01. The summed E-state index contributed by atoms with van der Waals surface area (Å²) in [6.45, 7) is 0.504. The third-order valence-electron chi connectivity index (χ3n) is 4.89. The highest BCUT2D eigenvalue weighted by atomic mass is 16.5. The molecule has 2 aliphatic heterocycles. The van der Waals surface area contributed by atoms with Crippen LogP contribution in [-0.2, 0) is 14.3 Å². The van der Waals surface area contributed by atoms with Crippen LogP contribution in [0.1, 0.15) is 11.6 Å². The summed E-state index contributed by atoms with van der Waals surface area (Å²) in [6, 6.07) is 10.0. The van der Waals surface area contributed by atoms with Gasteiger partial charge in [0.05, 0.1) is 31.6 Å². The lowest BCUT2D eigenvalue weighted by Gasteiger charge is -2.30.